The second-order valence-corrected chi connectivity index (χ2v) is 15.0. The Labute approximate surface area is 344 Å². The van der Waals surface area contributed by atoms with Gasteiger partial charge in [-0.05, 0) is 72.8 Å². The zero-order chi connectivity index (χ0) is 39.7. The maximum absolute atomic E-state index is 9.72. The van der Waals surface area contributed by atoms with Gasteiger partial charge >= 0.3 is 0 Å². The molecule has 6 aromatic carbocycles. The lowest BCUT2D eigenvalue weighted by atomic mass is 10.2. The van der Waals surface area contributed by atoms with Gasteiger partial charge in [0.1, 0.15) is 23.0 Å². The monoisotopic (exact) mass is 773 g/mol. The van der Waals surface area contributed by atoms with Crippen molar-refractivity contribution in [3.05, 3.63) is 206 Å². The Morgan fingerprint density at radius 1 is 0.450 bits per heavy atom. The zero-order valence-electron chi connectivity index (χ0n) is 32.2. The highest BCUT2D eigenvalue weighted by Crippen LogP contribution is 2.38. The third-order valence-electron chi connectivity index (χ3n) is 11.4. The summed E-state index contributed by atoms with van der Waals surface area (Å²) in [6, 6.07) is 66.8. The number of para-hydroxylation sites is 6. The van der Waals surface area contributed by atoms with Gasteiger partial charge in [-0.25, -0.2) is 0 Å². The Bertz CT molecular complexity index is 3470. The summed E-state index contributed by atoms with van der Waals surface area (Å²) in [5.41, 5.74) is 10.9. The summed E-state index contributed by atoms with van der Waals surface area (Å²) in [7, 11) is 0. The van der Waals surface area contributed by atoms with Crippen LogP contribution in [0.2, 0.25) is 0 Å². The minimum absolute atomic E-state index is 0.330. The third-order valence-corrected chi connectivity index (χ3v) is 11.4. The van der Waals surface area contributed by atoms with Gasteiger partial charge in [0, 0.05) is 51.4 Å². The molecule has 0 amide bonds. The first-order valence-corrected chi connectivity index (χ1v) is 19.9. The van der Waals surface area contributed by atoms with E-state index in [-0.39, 0.29) is 0 Å². The number of allylic oxidation sites excluding steroid dienone is 1. The van der Waals surface area contributed by atoms with Gasteiger partial charge in [0.05, 0.1) is 39.3 Å². The average Bonchev–Trinajstić information content (AvgIpc) is 4.14. The molecule has 0 unspecified atom stereocenters. The molecule has 0 fully saturated rings. The first kappa shape index (κ1) is 33.7. The number of hydrogen-bond donors (Lipinski definition) is 2. The second kappa shape index (κ2) is 13.3. The summed E-state index contributed by atoms with van der Waals surface area (Å²) in [6.45, 7) is 0. The summed E-state index contributed by atoms with van der Waals surface area (Å²) in [6.07, 6.45) is 1.87. The molecule has 0 saturated carbocycles. The van der Waals surface area contributed by atoms with E-state index in [0.29, 0.717) is 11.5 Å². The molecule has 5 aromatic heterocycles. The van der Waals surface area contributed by atoms with Crippen LogP contribution in [0.4, 0.5) is 5.82 Å². The van der Waals surface area contributed by atoms with E-state index in [4.69, 9.17) is 10.2 Å². The van der Waals surface area contributed by atoms with Crippen molar-refractivity contribution in [3.8, 4) is 45.7 Å². The van der Waals surface area contributed by atoms with Crippen molar-refractivity contribution in [2.75, 3.05) is 5.32 Å². The first-order chi connectivity index (χ1) is 29.7. The van der Waals surface area contributed by atoms with Crippen LogP contribution >= 0.6 is 0 Å². The van der Waals surface area contributed by atoms with Crippen molar-refractivity contribution in [2.45, 2.75) is 0 Å². The molecule has 2 N–H and O–H groups in total. The topological polar surface area (TPSA) is 86.3 Å². The number of benzene rings is 6. The van der Waals surface area contributed by atoms with E-state index in [9.17, 15) is 5.41 Å². The second-order valence-electron chi connectivity index (χ2n) is 15.0. The van der Waals surface area contributed by atoms with Gasteiger partial charge in [0.15, 0.2) is 5.82 Å². The number of anilines is 1. The molecule has 6 heterocycles. The molecule has 0 atom stereocenters. The molecule has 0 aliphatic carbocycles. The van der Waals surface area contributed by atoms with Crippen LogP contribution < -0.4 is 5.32 Å². The highest BCUT2D eigenvalue weighted by Gasteiger charge is 2.28. The van der Waals surface area contributed by atoms with Gasteiger partial charge in [-0.1, -0.05) is 109 Å². The minimum Gasteiger partial charge on any atom is -0.325 e. The zero-order valence-corrected chi connectivity index (χ0v) is 32.2. The van der Waals surface area contributed by atoms with E-state index in [1.165, 1.54) is 0 Å². The van der Waals surface area contributed by atoms with Crippen LogP contribution in [0.15, 0.2) is 200 Å². The quantitative estimate of drug-likeness (QED) is 0.158. The fraction of sp³-hybridized carbons (Fsp3) is 0. The Balaban J connectivity index is 1.07. The lowest BCUT2D eigenvalue weighted by Gasteiger charge is -2.21. The van der Waals surface area contributed by atoms with E-state index in [1.807, 2.05) is 57.9 Å². The molecule has 11 aromatic rings. The first-order valence-electron chi connectivity index (χ1n) is 19.9. The number of fused-ring (bicyclic) bond motifs is 6. The van der Waals surface area contributed by atoms with Gasteiger partial charge in [0.2, 0.25) is 0 Å². The van der Waals surface area contributed by atoms with Crippen molar-refractivity contribution in [1.82, 2.24) is 33.3 Å². The average molecular weight is 774 g/mol. The summed E-state index contributed by atoms with van der Waals surface area (Å²) >= 11 is 0. The Morgan fingerprint density at radius 2 is 0.883 bits per heavy atom. The van der Waals surface area contributed by atoms with Crippen LogP contribution in [0, 0.1) is 5.41 Å². The van der Waals surface area contributed by atoms with Crippen molar-refractivity contribution in [2.24, 2.45) is 0 Å². The molecular weight excluding hydrogens is 739 g/mol. The largest absolute Gasteiger partial charge is 0.325 e. The maximum Gasteiger partial charge on any atom is 0.161 e. The van der Waals surface area contributed by atoms with E-state index < -0.39 is 0 Å². The van der Waals surface area contributed by atoms with Gasteiger partial charge < -0.3 is 19.0 Å². The molecule has 1 aliphatic heterocycles. The predicted molar refractivity (Wildman–Crippen MR) is 242 cm³/mol. The molecule has 0 bridgehead atoms. The Kier molecular flexibility index (Phi) is 7.48. The molecule has 60 heavy (non-hydrogen) atoms. The van der Waals surface area contributed by atoms with Gasteiger partial charge in [0.25, 0.3) is 0 Å². The normalized spacial score (nSPS) is 12.9. The van der Waals surface area contributed by atoms with E-state index >= 15 is 0 Å². The molecule has 9 nitrogen and oxygen atoms in total. The van der Waals surface area contributed by atoms with E-state index in [1.54, 1.807) is 0 Å². The highest BCUT2D eigenvalue weighted by molar-refractivity contribution is 6.12. The summed E-state index contributed by atoms with van der Waals surface area (Å²) in [5, 5.41) is 27.3. The SMILES string of the molecule is N=C(/C=C1\Nc2cc(-c3cc4ccccc4n3-c3ccccc3)nn2-c2cc(-c3cc4ccccc4n3-c3ccccc3)nn21)c1cc2ccccc2n1-c1ccccc1. The number of aromatic nitrogens is 7. The standard InChI is InChI=1S/C51H35N9/c52-40(46-28-34-16-10-13-25-43(34)56(46)37-19-4-1-5-20-37)31-49-53-50-32-41(47-29-35-17-11-14-26-44(35)57(47)38-21-6-2-7-22-38)54-60(50)51-33-42(55-59(49)51)48-30-36-18-12-15-27-45(36)58(48)39-23-8-3-9-24-39/h1-33,52-53H/b49-31+,52-40?. The lowest BCUT2D eigenvalue weighted by molar-refractivity contribution is 0.757. The molecule has 9 heteroatoms. The molecular formula is C51H35N9. The van der Waals surface area contributed by atoms with Crippen LogP contribution in [0.1, 0.15) is 5.69 Å². The van der Waals surface area contributed by atoms with Gasteiger partial charge in [-0.2, -0.15) is 19.6 Å². The van der Waals surface area contributed by atoms with Crippen LogP contribution in [0.25, 0.3) is 84.2 Å². The van der Waals surface area contributed by atoms with E-state index in [0.717, 1.165) is 89.9 Å². The molecule has 0 radical (unpaired) electrons. The van der Waals surface area contributed by atoms with Crippen molar-refractivity contribution in [3.63, 3.8) is 0 Å². The molecule has 12 rings (SSSR count). The van der Waals surface area contributed by atoms with Crippen LogP contribution in [-0.2, 0) is 0 Å². The third kappa shape index (κ3) is 5.30. The molecule has 284 valence electrons. The van der Waals surface area contributed by atoms with Crippen molar-refractivity contribution < 1.29 is 0 Å². The number of nitrogens with zero attached hydrogens (tertiary/aromatic N) is 7. The van der Waals surface area contributed by atoms with Crippen LogP contribution in [-0.4, -0.2) is 39.0 Å². The molecule has 0 spiro atoms. The predicted octanol–water partition coefficient (Wildman–Crippen LogP) is 11.5. The number of nitrogens with one attached hydrogen (secondary N) is 2. The molecule has 0 saturated heterocycles. The van der Waals surface area contributed by atoms with E-state index in [2.05, 4.69) is 171 Å². The highest BCUT2D eigenvalue weighted by atomic mass is 15.5. The van der Waals surface area contributed by atoms with Crippen molar-refractivity contribution >= 4 is 50.1 Å². The van der Waals surface area contributed by atoms with Gasteiger partial charge in [-0.15, -0.1) is 0 Å². The number of hydrogen-bond acceptors (Lipinski definition) is 4. The number of rotatable bonds is 7. The summed E-state index contributed by atoms with van der Waals surface area (Å²) in [4.78, 5) is 0. The minimum atomic E-state index is 0.330. The van der Waals surface area contributed by atoms with Crippen LogP contribution in [0.5, 0.6) is 0 Å². The summed E-state index contributed by atoms with van der Waals surface area (Å²) < 4.78 is 10.5. The fourth-order valence-corrected chi connectivity index (χ4v) is 8.69. The molecule has 1 aliphatic rings. The van der Waals surface area contributed by atoms with Crippen molar-refractivity contribution in [1.29, 1.82) is 5.41 Å². The maximum atomic E-state index is 9.72. The smallest absolute Gasteiger partial charge is 0.161 e. The van der Waals surface area contributed by atoms with Gasteiger partial charge in [-0.3, -0.25) is 5.41 Å². The lowest BCUT2D eigenvalue weighted by Crippen LogP contribution is -2.22. The Hall–Kier alpha value is -8.43. The van der Waals surface area contributed by atoms with Crippen LogP contribution in [0.3, 0.4) is 0 Å². The summed E-state index contributed by atoms with van der Waals surface area (Å²) in [5.74, 6) is 2.15. The fourth-order valence-electron chi connectivity index (χ4n) is 8.69. The Morgan fingerprint density at radius 3 is 1.43 bits per heavy atom.